The highest BCUT2D eigenvalue weighted by atomic mass is 16.2. The Morgan fingerprint density at radius 1 is 0.600 bits per heavy atom. The molecule has 2 aromatic rings. The Kier molecular flexibility index (Phi) is 10.3. The SMILES string of the molecule is CCCO.Cc1ccc(C)cc1.Cc1ccc(C)cc1. The van der Waals surface area contributed by atoms with Crippen LogP contribution in [-0.4, -0.2) is 11.7 Å². The van der Waals surface area contributed by atoms with Crippen molar-refractivity contribution in [3.05, 3.63) is 70.8 Å². The smallest absolute Gasteiger partial charge is 0.0428 e. The van der Waals surface area contributed by atoms with Crippen LogP contribution in [0.4, 0.5) is 0 Å². The first-order valence-corrected chi connectivity index (χ1v) is 7.17. The van der Waals surface area contributed by atoms with Crippen molar-refractivity contribution in [2.75, 3.05) is 6.61 Å². The molecule has 1 nitrogen and oxygen atoms in total. The minimum Gasteiger partial charge on any atom is -0.396 e. The maximum absolute atomic E-state index is 7.88. The summed E-state index contributed by atoms with van der Waals surface area (Å²) in [6, 6.07) is 17.0. The van der Waals surface area contributed by atoms with E-state index in [0.717, 1.165) is 6.42 Å². The Hall–Kier alpha value is -1.60. The molecule has 0 bridgehead atoms. The molecule has 0 amide bonds. The second-order valence-electron chi connectivity index (χ2n) is 5.03. The third kappa shape index (κ3) is 10.3. The molecule has 0 heterocycles. The molecular formula is C19H28O. The molecule has 1 heteroatoms. The Bertz CT molecular complexity index is 353. The molecule has 0 saturated carbocycles. The van der Waals surface area contributed by atoms with Gasteiger partial charge in [-0.25, -0.2) is 0 Å². The van der Waals surface area contributed by atoms with E-state index in [1.54, 1.807) is 0 Å². The summed E-state index contributed by atoms with van der Waals surface area (Å²) >= 11 is 0. The molecule has 0 aliphatic heterocycles. The predicted octanol–water partition coefficient (Wildman–Crippen LogP) is 5.00. The average molecular weight is 272 g/mol. The number of hydrogen-bond acceptors (Lipinski definition) is 1. The van der Waals surface area contributed by atoms with Gasteiger partial charge in [-0.3, -0.25) is 0 Å². The van der Waals surface area contributed by atoms with Crippen LogP contribution < -0.4 is 0 Å². The van der Waals surface area contributed by atoms with Crippen molar-refractivity contribution in [2.45, 2.75) is 41.0 Å². The van der Waals surface area contributed by atoms with Crippen LogP contribution in [0.3, 0.4) is 0 Å². The summed E-state index contributed by atoms with van der Waals surface area (Å²) in [5.74, 6) is 0. The molecule has 2 aromatic carbocycles. The van der Waals surface area contributed by atoms with Gasteiger partial charge < -0.3 is 5.11 Å². The quantitative estimate of drug-likeness (QED) is 0.775. The van der Waals surface area contributed by atoms with E-state index < -0.39 is 0 Å². The highest BCUT2D eigenvalue weighted by Crippen LogP contribution is 2.00. The normalized spacial score (nSPS) is 8.90. The van der Waals surface area contributed by atoms with E-state index in [-0.39, 0.29) is 0 Å². The first-order chi connectivity index (χ1) is 9.49. The summed E-state index contributed by atoms with van der Waals surface area (Å²) in [6.45, 7) is 10.6. The fourth-order valence-electron chi connectivity index (χ4n) is 1.27. The van der Waals surface area contributed by atoms with Gasteiger partial charge in [-0.15, -0.1) is 0 Å². The second kappa shape index (κ2) is 11.2. The zero-order chi connectivity index (χ0) is 15.4. The highest BCUT2D eigenvalue weighted by molar-refractivity contribution is 5.20. The summed E-state index contributed by atoms with van der Waals surface area (Å²) in [6.07, 6.45) is 0.875. The number of hydrogen-bond donors (Lipinski definition) is 1. The molecule has 110 valence electrons. The maximum Gasteiger partial charge on any atom is 0.0428 e. The third-order valence-electron chi connectivity index (χ3n) is 2.66. The van der Waals surface area contributed by atoms with E-state index in [9.17, 15) is 0 Å². The number of aryl methyl sites for hydroxylation is 4. The highest BCUT2D eigenvalue weighted by Gasteiger charge is 1.80. The van der Waals surface area contributed by atoms with Gasteiger partial charge >= 0.3 is 0 Å². The summed E-state index contributed by atoms with van der Waals surface area (Å²) in [4.78, 5) is 0. The molecular weight excluding hydrogens is 244 g/mol. The molecule has 0 radical (unpaired) electrons. The van der Waals surface area contributed by atoms with Crippen LogP contribution >= 0.6 is 0 Å². The van der Waals surface area contributed by atoms with Crippen molar-refractivity contribution in [3.63, 3.8) is 0 Å². The molecule has 0 aliphatic carbocycles. The van der Waals surface area contributed by atoms with Gasteiger partial charge in [0.25, 0.3) is 0 Å². The van der Waals surface area contributed by atoms with Gasteiger partial charge in [0.1, 0.15) is 0 Å². The lowest BCUT2D eigenvalue weighted by Gasteiger charge is -1.90. The van der Waals surface area contributed by atoms with Crippen molar-refractivity contribution in [2.24, 2.45) is 0 Å². The van der Waals surface area contributed by atoms with Crippen molar-refractivity contribution >= 4 is 0 Å². The molecule has 20 heavy (non-hydrogen) atoms. The zero-order valence-electron chi connectivity index (χ0n) is 13.5. The van der Waals surface area contributed by atoms with Gasteiger partial charge in [-0.2, -0.15) is 0 Å². The minimum absolute atomic E-state index is 0.319. The first kappa shape index (κ1) is 18.4. The number of rotatable bonds is 1. The third-order valence-corrected chi connectivity index (χ3v) is 2.66. The van der Waals surface area contributed by atoms with E-state index in [0.29, 0.717) is 6.61 Å². The van der Waals surface area contributed by atoms with Gasteiger partial charge in [0.2, 0.25) is 0 Å². The number of benzene rings is 2. The fourth-order valence-corrected chi connectivity index (χ4v) is 1.27. The van der Waals surface area contributed by atoms with Crippen molar-refractivity contribution in [3.8, 4) is 0 Å². The molecule has 0 spiro atoms. The Labute approximate surface area is 124 Å². The van der Waals surface area contributed by atoms with Crippen LogP contribution in [0.2, 0.25) is 0 Å². The minimum atomic E-state index is 0.319. The monoisotopic (exact) mass is 272 g/mol. The standard InChI is InChI=1S/2C8H10.C3H8O/c2*1-7-3-5-8(2)6-4-7;1-2-3-4/h2*3-6H,1-2H3;4H,2-3H2,1H3. The Morgan fingerprint density at radius 2 is 0.750 bits per heavy atom. The van der Waals surface area contributed by atoms with Gasteiger partial charge in [-0.1, -0.05) is 77.7 Å². The van der Waals surface area contributed by atoms with Crippen molar-refractivity contribution in [1.29, 1.82) is 0 Å². The van der Waals surface area contributed by atoms with E-state index in [2.05, 4.69) is 76.2 Å². The van der Waals surface area contributed by atoms with E-state index in [4.69, 9.17) is 5.11 Å². The molecule has 0 atom stereocenters. The van der Waals surface area contributed by atoms with Crippen LogP contribution in [0.15, 0.2) is 48.5 Å². The van der Waals surface area contributed by atoms with E-state index in [1.807, 2.05) is 6.92 Å². The van der Waals surface area contributed by atoms with Gasteiger partial charge in [0.15, 0.2) is 0 Å². The summed E-state index contributed by atoms with van der Waals surface area (Å²) in [7, 11) is 0. The molecule has 0 aromatic heterocycles. The van der Waals surface area contributed by atoms with Gasteiger partial charge in [-0.05, 0) is 34.1 Å². The van der Waals surface area contributed by atoms with Crippen molar-refractivity contribution < 1.29 is 5.11 Å². The lowest BCUT2D eigenvalue weighted by molar-refractivity contribution is 0.295. The van der Waals surface area contributed by atoms with Crippen molar-refractivity contribution in [1.82, 2.24) is 0 Å². The zero-order valence-corrected chi connectivity index (χ0v) is 13.5. The Morgan fingerprint density at radius 3 is 0.850 bits per heavy atom. The summed E-state index contributed by atoms with van der Waals surface area (Å²) in [5.41, 5.74) is 5.32. The topological polar surface area (TPSA) is 20.2 Å². The summed E-state index contributed by atoms with van der Waals surface area (Å²) < 4.78 is 0. The predicted molar refractivity (Wildman–Crippen MR) is 89.2 cm³/mol. The first-order valence-electron chi connectivity index (χ1n) is 7.17. The Balaban J connectivity index is 0.000000289. The van der Waals surface area contributed by atoms with Crippen LogP contribution in [0.5, 0.6) is 0 Å². The average Bonchev–Trinajstić information content (AvgIpc) is 2.46. The second-order valence-corrected chi connectivity index (χ2v) is 5.03. The molecule has 0 aliphatic rings. The summed E-state index contributed by atoms with van der Waals surface area (Å²) in [5, 5.41) is 7.88. The van der Waals surface area contributed by atoms with Crippen LogP contribution in [0, 0.1) is 27.7 Å². The fraction of sp³-hybridized carbons (Fsp3) is 0.368. The van der Waals surface area contributed by atoms with E-state index in [1.165, 1.54) is 22.3 Å². The molecule has 1 N–H and O–H groups in total. The lowest BCUT2D eigenvalue weighted by Crippen LogP contribution is -1.70. The van der Waals surface area contributed by atoms with Crippen LogP contribution in [0.25, 0.3) is 0 Å². The van der Waals surface area contributed by atoms with Crippen LogP contribution in [-0.2, 0) is 0 Å². The van der Waals surface area contributed by atoms with E-state index >= 15 is 0 Å². The molecule has 2 rings (SSSR count). The van der Waals surface area contributed by atoms with Gasteiger partial charge in [0, 0.05) is 6.61 Å². The molecule has 0 saturated heterocycles. The maximum atomic E-state index is 7.88. The van der Waals surface area contributed by atoms with Crippen LogP contribution in [0.1, 0.15) is 35.6 Å². The van der Waals surface area contributed by atoms with Gasteiger partial charge in [0.05, 0.1) is 0 Å². The lowest BCUT2D eigenvalue weighted by atomic mass is 10.2. The molecule has 0 fully saturated rings. The molecule has 0 unspecified atom stereocenters. The number of aliphatic hydroxyl groups excluding tert-OH is 1. The largest absolute Gasteiger partial charge is 0.396 e. The number of aliphatic hydroxyl groups is 1.